The van der Waals surface area contributed by atoms with Crippen LogP contribution in [0.25, 0.3) is 11.8 Å². The van der Waals surface area contributed by atoms with Crippen molar-refractivity contribution in [2.45, 2.75) is 26.2 Å². The highest BCUT2D eigenvalue weighted by Gasteiger charge is 2.25. The molecule has 2 aromatic rings. The molecule has 106 valence electrons. The Kier molecular flexibility index (Phi) is 3.17. The number of cyclic esters (lactones) is 1. The minimum Gasteiger partial charge on any atom is -0.422 e. The lowest BCUT2D eigenvalue weighted by atomic mass is 9.86. The highest BCUT2D eigenvalue weighted by Crippen LogP contribution is 2.31. The Bertz CT molecular complexity index is 716. The second-order valence-corrected chi connectivity index (χ2v) is 6.32. The predicted molar refractivity (Wildman–Crippen MR) is 84.9 cm³/mol. The van der Waals surface area contributed by atoms with Gasteiger partial charge in [-0.1, -0.05) is 63.2 Å². The zero-order valence-corrected chi connectivity index (χ0v) is 12.5. The molecule has 0 fully saturated rings. The molecule has 3 rings (SSSR count). The molecule has 21 heavy (non-hydrogen) atoms. The van der Waals surface area contributed by atoms with Gasteiger partial charge in [0.05, 0.1) is 5.56 Å². The molecule has 0 unspecified atom stereocenters. The van der Waals surface area contributed by atoms with Gasteiger partial charge in [-0.2, -0.15) is 0 Å². The van der Waals surface area contributed by atoms with Crippen LogP contribution in [0, 0.1) is 0 Å². The number of ether oxygens (including phenoxy) is 1. The van der Waals surface area contributed by atoms with Gasteiger partial charge in [0.1, 0.15) is 5.76 Å². The molecule has 0 saturated heterocycles. The van der Waals surface area contributed by atoms with Crippen LogP contribution in [0.4, 0.5) is 0 Å². The van der Waals surface area contributed by atoms with Crippen LogP contribution in [-0.4, -0.2) is 5.97 Å². The predicted octanol–water partition coefficient (Wildman–Crippen LogP) is 4.65. The highest BCUT2D eigenvalue weighted by molar-refractivity contribution is 6.05. The van der Waals surface area contributed by atoms with E-state index in [4.69, 9.17) is 4.74 Å². The smallest absolute Gasteiger partial charge is 0.344 e. The summed E-state index contributed by atoms with van der Waals surface area (Å²) in [6, 6.07) is 15.8. The number of hydrogen-bond acceptors (Lipinski definition) is 2. The number of fused-ring (bicyclic) bond motifs is 1. The Labute approximate surface area is 125 Å². The minimum atomic E-state index is -0.275. The molecule has 1 aliphatic rings. The van der Waals surface area contributed by atoms with Crippen LogP contribution in [-0.2, 0) is 10.2 Å². The van der Waals surface area contributed by atoms with E-state index < -0.39 is 0 Å². The third-order valence-electron chi connectivity index (χ3n) is 3.69. The molecule has 0 aromatic heterocycles. The van der Waals surface area contributed by atoms with Crippen LogP contribution < -0.4 is 0 Å². The first-order valence-corrected chi connectivity index (χ1v) is 7.09. The van der Waals surface area contributed by atoms with Crippen LogP contribution in [0.2, 0.25) is 0 Å². The normalized spacial score (nSPS) is 16.0. The monoisotopic (exact) mass is 278 g/mol. The second kappa shape index (κ2) is 4.88. The van der Waals surface area contributed by atoms with E-state index in [0.29, 0.717) is 11.3 Å². The Morgan fingerprint density at radius 2 is 1.52 bits per heavy atom. The number of carbonyl (C=O) groups excluding carboxylic acids is 1. The molecule has 0 radical (unpaired) electrons. The topological polar surface area (TPSA) is 26.3 Å². The number of hydrogen-bond donors (Lipinski definition) is 0. The van der Waals surface area contributed by atoms with Gasteiger partial charge in [-0.05, 0) is 28.7 Å². The van der Waals surface area contributed by atoms with Crippen molar-refractivity contribution in [3.8, 4) is 0 Å². The van der Waals surface area contributed by atoms with E-state index in [2.05, 4.69) is 45.0 Å². The maximum absolute atomic E-state index is 11.8. The van der Waals surface area contributed by atoms with Crippen molar-refractivity contribution in [2.24, 2.45) is 0 Å². The molecule has 0 amide bonds. The first-order valence-electron chi connectivity index (χ1n) is 7.09. The van der Waals surface area contributed by atoms with Crippen LogP contribution in [0.3, 0.4) is 0 Å². The average molecular weight is 278 g/mol. The van der Waals surface area contributed by atoms with Gasteiger partial charge in [-0.15, -0.1) is 0 Å². The van der Waals surface area contributed by atoms with Crippen molar-refractivity contribution in [1.29, 1.82) is 0 Å². The Morgan fingerprint density at radius 3 is 2.14 bits per heavy atom. The third kappa shape index (κ3) is 2.62. The quantitative estimate of drug-likeness (QED) is 0.710. The molecule has 0 atom stereocenters. The van der Waals surface area contributed by atoms with Gasteiger partial charge in [0.25, 0.3) is 0 Å². The lowest BCUT2D eigenvalue weighted by Crippen LogP contribution is -2.10. The summed E-state index contributed by atoms with van der Waals surface area (Å²) in [6.07, 6.45) is 1.91. The van der Waals surface area contributed by atoms with Crippen molar-refractivity contribution in [3.63, 3.8) is 0 Å². The van der Waals surface area contributed by atoms with E-state index >= 15 is 0 Å². The summed E-state index contributed by atoms with van der Waals surface area (Å²) in [5, 5.41) is 0. The lowest BCUT2D eigenvalue weighted by molar-refractivity contribution is 0.0717. The van der Waals surface area contributed by atoms with Gasteiger partial charge >= 0.3 is 5.97 Å². The first-order chi connectivity index (χ1) is 9.95. The number of esters is 1. The first kappa shape index (κ1) is 13.6. The minimum absolute atomic E-state index is 0.137. The molecular formula is C19H18O2. The zero-order valence-electron chi connectivity index (χ0n) is 12.5. The molecule has 1 heterocycles. The van der Waals surface area contributed by atoms with Crippen molar-refractivity contribution in [1.82, 2.24) is 0 Å². The molecule has 0 spiro atoms. The van der Waals surface area contributed by atoms with E-state index in [1.165, 1.54) is 5.56 Å². The third-order valence-corrected chi connectivity index (χ3v) is 3.69. The average Bonchev–Trinajstić information content (AvgIpc) is 2.76. The SMILES string of the molecule is CC(C)(C)c1ccc(/C=C2\OC(=O)c3ccccc32)cc1. The fourth-order valence-corrected chi connectivity index (χ4v) is 2.42. The van der Waals surface area contributed by atoms with Gasteiger partial charge in [0.2, 0.25) is 0 Å². The van der Waals surface area contributed by atoms with E-state index in [-0.39, 0.29) is 11.4 Å². The van der Waals surface area contributed by atoms with E-state index in [1.807, 2.05) is 24.3 Å². The summed E-state index contributed by atoms with van der Waals surface area (Å²) >= 11 is 0. The van der Waals surface area contributed by atoms with Crippen LogP contribution in [0.5, 0.6) is 0 Å². The number of rotatable bonds is 1. The van der Waals surface area contributed by atoms with Gasteiger partial charge in [0.15, 0.2) is 0 Å². The van der Waals surface area contributed by atoms with Crippen LogP contribution in [0.1, 0.15) is 47.8 Å². The lowest BCUT2D eigenvalue weighted by Gasteiger charge is -2.18. The van der Waals surface area contributed by atoms with Crippen molar-refractivity contribution >= 4 is 17.8 Å². The van der Waals surface area contributed by atoms with Crippen molar-refractivity contribution < 1.29 is 9.53 Å². The number of benzene rings is 2. The summed E-state index contributed by atoms with van der Waals surface area (Å²) < 4.78 is 5.36. The van der Waals surface area contributed by atoms with Crippen LogP contribution >= 0.6 is 0 Å². The molecular weight excluding hydrogens is 260 g/mol. The molecule has 0 N–H and O–H groups in total. The summed E-state index contributed by atoms with van der Waals surface area (Å²) in [5.41, 5.74) is 3.95. The maximum atomic E-state index is 11.8. The number of carbonyl (C=O) groups is 1. The summed E-state index contributed by atoms with van der Waals surface area (Å²) in [4.78, 5) is 11.8. The molecule has 0 bridgehead atoms. The Balaban J connectivity index is 1.95. The van der Waals surface area contributed by atoms with Gasteiger partial charge < -0.3 is 4.74 Å². The van der Waals surface area contributed by atoms with E-state index in [1.54, 1.807) is 6.07 Å². The van der Waals surface area contributed by atoms with Gasteiger partial charge in [-0.3, -0.25) is 0 Å². The second-order valence-electron chi connectivity index (χ2n) is 6.32. The Hall–Kier alpha value is -2.35. The van der Waals surface area contributed by atoms with Gasteiger partial charge in [0, 0.05) is 5.56 Å². The highest BCUT2D eigenvalue weighted by atomic mass is 16.5. The summed E-state index contributed by atoms with van der Waals surface area (Å²) in [6.45, 7) is 6.57. The van der Waals surface area contributed by atoms with Crippen molar-refractivity contribution in [3.05, 3.63) is 70.8 Å². The maximum Gasteiger partial charge on any atom is 0.344 e. The summed E-state index contributed by atoms with van der Waals surface area (Å²) in [7, 11) is 0. The molecule has 2 nitrogen and oxygen atoms in total. The van der Waals surface area contributed by atoms with Crippen LogP contribution in [0.15, 0.2) is 48.5 Å². The van der Waals surface area contributed by atoms with Crippen molar-refractivity contribution in [2.75, 3.05) is 0 Å². The van der Waals surface area contributed by atoms with E-state index in [9.17, 15) is 4.79 Å². The fourth-order valence-electron chi connectivity index (χ4n) is 2.42. The largest absolute Gasteiger partial charge is 0.422 e. The zero-order chi connectivity index (χ0) is 15.0. The molecule has 0 saturated carbocycles. The Morgan fingerprint density at radius 1 is 0.905 bits per heavy atom. The molecule has 2 aromatic carbocycles. The molecule has 2 heteroatoms. The standard InChI is InChI=1S/C19H18O2/c1-19(2,3)14-10-8-13(9-11-14)12-17-15-6-4-5-7-16(15)18(20)21-17/h4-12H,1-3H3/b17-12-. The fraction of sp³-hybridized carbons (Fsp3) is 0.211. The van der Waals surface area contributed by atoms with E-state index in [0.717, 1.165) is 11.1 Å². The molecule has 1 aliphatic heterocycles. The summed E-state index contributed by atoms with van der Waals surface area (Å²) in [5.74, 6) is 0.349. The van der Waals surface area contributed by atoms with Gasteiger partial charge in [-0.25, -0.2) is 4.79 Å². The molecule has 0 aliphatic carbocycles.